The molecular formula is C47H55N7O9S2. The van der Waals surface area contributed by atoms with Gasteiger partial charge in [0.1, 0.15) is 35.2 Å². The highest BCUT2D eigenvalue weighted by atomic mass is 32.2. The van der Waals surface area contributed by atoms with E-state index >= 15 is 4.79 Å². The SMILES string of the molecule is C=CC1C[C@]1(NC(=O)[C@@H]1C[C@@H](Oc2cc(-c3ccccc3)nc3cc(OC)ccc23)CN1C(=O)[C@@H](CC(=O)N1CCCC[C@H]1C(=O)Nc1nccs1)C(C)(C)C)C(=O)N(C1CC1)[SH](=O)=O. The van der Waals surface area contributed by atoms with Crippen molar-refractivity contribution in [1.29, 1.82) is 0 Å². The van der Waals surface area contributed by atoms with Gasteiger partial charge < -0.3 is 29.9 Å². The highest BCUT2D eigenvalue weighted by Gasteiger charge is 2.63. The molecule has 2 aliphatic carbocycles. The number of aromatic nitrogens is 2. The molecule has 2 saturated heterocycles. The van der Waals surface area contributed by atoms with Gasteiger partial charge >= 0.3 is 0 Å². The lowest BCUT2D eigenvalue weighted by atomic mass is 9.77. The zero-order valence-electron chi connectivity index (χ0n) is 36.9. The Kier molecular flexibility index (Phi) is 13.0. The van der Waals surface area contributed by atoms with Crippen LogP contribution in [0, 0.1) is 17.3 Å². The van der Waals surface area contributed by atoms with Crippen molar-refractivity contribution >= 4 is 67.8 Å². The van der Waals surface area contributed by atoms with Gasteiger partial charge in [0.05, 0.1) is 30.8 Å². The number of fused-ring (bicyclic) bond motifs is 1. The molecule has 65 heavy (non-hydrogen) atoms. The Labute approximate surface area is 383 Å². The molecule has 2 saturated carbocycles. The number of hydrogen-bond acceptors (Lipinski definition) is 12. The van der Waals surface area contributed by atoms with Gasteiger partial charge in [0.25, 0.3) is 5.91 Å². The molecule has 2 aliphatic heterocycles. The lowest BCUT2D eigenvalue weighted by Gasteiger charge is -2.38. The number of piperidine rings is 1. The summed E-state index contributed by atoms with van der Waals surface area (Å²) in [5.41, 5.74) is -0.279. The van der Waals surface area contributed by atoms with E-state index in [1.165, 1.54) is 22.3 Å². The number of pyridine rings is 1. The van der Waals surface area contributed by atoms with Gasteiger partial charge in [0.2, 0.25) is 34.5 Å². The third kappa shape index (κ3) is 9.60. The molecule has 344 valence electrons. The van der Waals surface area contributed by atoms with Crippen LogP contribution in [0.2, 0.25) is 0 Å². The minimum atomic E-state index is -3.27. The number of carbonyl (C=O) groups is 5. The number of methoxy groups -OCH3 is 1. The molecule has 0 radical (unpaired) electrons. The normalized spacial score (nSPS) is 23.4. The van der Waals surface area contributed by atoms with E-state index in [9.17, 15) is 27.6 Å². The second kappa shape index (κ2) is 18.5. The van der Waals surface area contributed by atoms with Crippen LogP contribution in [0.1, 0.15) is 72.1 Å². The molecule has 4 fully saturated rings. The molecule has 6 atom stereocenters. The van der Waals surface area contributed by atoms with Crippen molar-refractivity contribution in [3.8, 4) is 22.8 Å². The first-order chi connectivity index (χ1) is 31.1. The number of nitrogens with zero attached hydrogens (tertiary/aromatic N) is 5. The average Bonchev–Trinajstić information content (AvgIpc) is 4.15. The van der Waals surface area contributed by atoms with Crippen molar-refractivity contribution in [3.63, 3.8) is 0 Å². The summed E-state index contributed by atoms with van der Waals surface area (Å²) in [5.74, 6) is -2.97. The number of ether oxygens (including phenoxy) is 2. The monoisotopic (exact) mass is 925 g/mol. The largest absolute Gasteiger partial charge is 0.497 e. The van der Waals surface area contributed by atoms with Crippen molar-refractivity contribution < 1.29 is 41.9 Å². The van der Waals surface area contributed by atoms with Crippen molar-refractivity contribution in [2.24, 2.45) is 17.3 Å². The number of nitrogens with one attached hydrogen (secondary N) is 2. The summed E-state index contributed by atoms with van der Waals surface area (Å²) < 4.78 is 38.0. The van der Waals surface area contributed by atoms with E-state index in [2.05, 4.69) is 22.2 Å². The number of thiol groups is 1. The molecule has 4 aliphatic rings. The van der Waals surface area contributed by atoms with Crippen LogP contribution in [-0.2, 0) is 34.9 Å². The topological polar surface area (TPSA) is 198 Å². The zero-order valence-corrected chi connectivity index (χ0v) is 38.6. The lowest BCUT2D eigenvalue weighted by Crippen LogP contribution is -2.57. The van der Waals surface area contributed by atoms with Crippen molar-refractivity contribution in [2.45, 2.75) is 102 Å². The maximum Gasteiger partial charge on any atom is 0.262 e. The number of thiazole rings is 1. The van der Waals surface area contributed by atoms with Crippen LogP contribution < -0.4 is 20.1 Å². The second-order valence-electron chi connectivity index (χ2n) is 18.4. The summed E-state index contributed by atoms with van der Waals surface area (Å²) in [6.07, 6.45) is 5.27. The minimum absolute atomic E-state index is 0.0132. The first kappa shape index (κ1) is 45.7. The summed E-state index contributed by atoms with van der Waals surface area (Å²) in [6.45, 7) is 9.72. The fraction of sp³-hybridized carbons (Fsp3) is 0.468. The van der Waals surface area contributed by atoms with E-state index in [-0.39, 0.29) is 37.6 Å². The van der Waals surface area contributed by atoms with Crippen LogP contribution in [0.25, 0.3) is 22.2 Å². The maximum absolute atomic E-state index is 15.2. The number of carbonyl (C=O) groups excluding carboxylic acids is 5. The minimum Gasteiger partial charge on any atom is -0.497 e. The summed E-state index contributed by atoms with van der Waals surface area (Å²) >= 11 is 1.28. The number of rotatable bonds is 15. The highest BCUT2D eigenvalue weighted by Crippen LogP contribution is 2.48. The Bertz CT molecular complexity index is 2550. The molecule has 16 nitrogen and oxygen atoms in total. The Morgan fingerprint density at radius 1 is 1.02 bits per heavy atom. The predicted octanol–water partition coefficient (Wildman–Crippen LogP) is 5.37. The molecule has 18 heteroatoms. The molecule has 0 spiro atoms. The fourth-order valence-electron chi connectivity index (χ4n) is 9.16. The van der Waals surface area contributed by atoms with Crippen LogP contribution >= 0.6 is 11.3 Å². The van der Waals surface area contributed by atoms with Gasteiger partial charge in [-0.1, -0.05) is 57.2 Å². The lowest BCUT2D eigenvalue weighted by molar-refractivity contribution is -0.150. The van der Waals surface area contributed by atoms with Gasteiger partial charge in [0, 0.05) is 66.0 Å². The summed E-state index contributed by atoms with van der Waals surface area (Å²) in [5, 5.41) is 8.59. The summed E-state index contributed by atoms with van der Waals surface area (Å²) in [6, 6.07) is 14.4. The van der Waals surface area contributed by atoms with Crippen molar-refractivity contribution in [1.82, 2.24) is 29.4 Å². The van der Waals surface area contributed by atoms with E-state index in [4.69, 9.17) is 14.5 Å². The highest BCUT2D eigenvalue weighted by molar-refractivity contribution is 7.70. The van der Waals surface area contributed by atoms with E-state index in [1.54, 1.807) is 35.7 Å². The number of amides is 5. The smallest absolute Gasteiger partial charge is 0.262 e. The van der Waals surface area contributed by atoms with Gasteiger partial charge in [-0.3, -0.25) is 24.0 Å². The number of anilines is 1. The Hall–Kier alpha value is -5.88. The van der Waals surface area contributed by atoms with E-state index in [1.807, 2.05) is 63.2 Å². The summed E-state index contributed by atoms with van der Waals surface area (Å²) in [4.78, 5) is 84.1. The number of benzene rings is 2. The van der Waals surface area contributed by atoms with Gasteiger partial charge in [-0.15, -0.1) is 17.9 Å². The van der Waals surface area contributed by atoms with E-state index < -0.39 is 75.6 Å². The molecule has 2 aromatic heterocycles. The molecule has 1 unspecified atom stereocenters. The summed E-state index contributed by atoms with van der Waals surface area (Å²) in [7, 11) is -1.70. The molecule has 2 aromatic carbocycles. The molecule has 2 N–H and O–H groups in total. The second-order valence-corrected chi connectivity index (χ2v) is 20.2. The first-order valence-corrected chi connectivity index (χ1v) is 24.1. The quantitative estimate of drug-likeness (QED) is 0.103. The van der Waals surface area contributed by atoms with Gasteiger partial charge in [-0.05, 0) is 56.1 Å². The fourth-order valence-corrected chi connectivity index (χ4v) is 10.5. The van der Waals surface area contributed by atoms with E-state index in [0.29, 0.717) is 65.5 Å². The van der Waals surface area contributed by atoms with Gasteiger partial charge in [-0.2, -0.15) is 0 Å². The van der Waals surface area contributed by atoms with E-state index in [0.717, 1.165) is 16.3 Å². The van der Waals surface area contributed by atoms with Gasteiger partial charge in [0.15, 0.2) is 5.13 Å². The number of hydrogen-bond donors (Lipinski definition) is 3. The van der Waals surface area contributed by atoms with Crippen LogP contribution in [0.4, 0.5) is 5.13 Å². The zero-order chi connectivity index (χ0) is 46.2. The average molecular weight is 926 g/mol. The molecule has 0 bridgehead atoms. The third-order valence-electron chi connectivity index (χ3n) is 13.0. The molecule has 4 heterocycles. The molecule has 8 rings (SSSR count). The van der Waals surface area contributed by atoms with Gasteiger partial charge in [-0.25, -0.2) is 22.7 Å². The Morgan fingerprint density at radius 2 is 1.78 bits per heavy atom. The van der Waals surface area contributed by atoms with Crippen LogP contribution in [0.5, 0.6) is 11.5 Å². The third-order valence-corrected chi connectivity index (χ3v) is 14.6. The molecule has 5 amide bonds. The van der Waals surface area contributed by atoms with Crippen LogP contribution in [0.3, 0.4) is 0 Å². The Balaban J connectivity index is 1.11. The van der Waals surface area contributed by atoms with Crippen LogP contribution in [0.15, 0.2) is 78.8 Å². The standard InChI is InChI=1S/C47H55N7O9S2/c1-6-29-26-47(29,44(59)54(65(60)61)30-15-16-30)51-42(57)38-23-32(63-39-25-35(28-12-8-7-9-13-28)49-36-22-31(62-5)17-18-33(36)39)27-53(38)43(58)34(46(2,3)4)24-40(55)52-20-11-10-14-37(52)41(56)50-45-48-19-21-64-45/h6-9,12-13,17-19,21-22,25,29-30,32,34,37-38,65H,1,10-11,14-16,20,23-24,26-27H2,2-5H3,(H,51,57)(H,48,50,56)/t29?,32-,34-,37+,38+,47-/m1/s1. The maximum atomic E-state index is 15.2. The first-order valence-electron chi connectivity index (χ1n) is 22.1. The Morgan fingerprint density at radius 3 is 2.43 bits per heavy atom. The molecule has 4 aromatic rings. The van der Waals surface area contributed by atoms with Crippen LogP contribution in [-0.4, -0.2) is 112 Å². The number of likely N-dealkylation sites (tertiary alicyclic amines) is 2. The predicted molar refractivity (Wildman–Crippen MR) is 245 cm³/mol. The van der Waals surface area contributed by atoms with Crippen molar-refractivity contribution in [2.75, 3.05) is 25.5 Å². The molecular weight excluding hydrogens is 871 g/mol. The van der Waals surface area contributed by atoms with Crippen molar-refractivity contribution in [3.05, 3.63) is 78.8 Å².